The summed E-state index contributed by atoms with van der Waals surface area (Å²) in [7, 11) is 0. The number of amides is 1. The maximum atomic E-state index is 13.2. The van der Waals surface area contributed by atoms with Crippen molar-refractivity contribution in [1.82, 2.24) is 0 Å². The maximum Gasteiger partial charge on any atom is 0.264 e. The minimum absolute atomic E-state index is 0.244. The Balaban J connectivity index is 1.65. The van der Waals surface area contributed by atoms with E-state index in [0.717, 1.165) is 16.9 Å². The number of carbonyl (C=O) groups excluding carboxylic acids is 2. The molecule has 0 radical (unpaired) electrons. The van der Waals surface area contributed by atoms with Crippen molar-refractivity contribution in [3.8, 4) is 0 Å². The molecule has 0 aliphatic carbocycles. The lowest BCUT2D eigenvalue weighted by Gasteiger charge is -2.22. The smallest absolute Gasteiger partial charge is 0.264 e. The maximum absolute atomic E-state index is 13.2. The van der Waals surface area contributed by atoms with E-state index in [1.54, 1.807) is 40.5 Å². The predicted molar refractivity (Wildman–Crippen MR) is 111 cm³/mol. The number of benzene rings is 2. The van der Waals surface area contributed by atoms with Crippen LogP contribution >= 0.6 is 11.3 Å². The summed E-state index contributed by atoms with van der Waals surface area (Å²) in [5, 5.41) is 13.3. The Morgan fingerprint density at radius 3 is 2.50 bits per heavy atom. The number of Topliss-reactive ketones (excluding diaryl/α,β-unsaturated/α-hetero) is 1. The average Bonchev–Trinajstić information content (AvgIpc) is 3.30. The molecule has 5 heteroatoms. The Kier molecular flexibility index (Phi) is 4.87. The highest BCUT2D eigenvalue weighted by Gasteiger charge is 2.50. The van der Waals surface area contributed by atoms with E-state index in [2.05, 4.69) is 6.92 Å². The van der Waals surface area contributed by atoms with Crippen molar-refractivity contribution in [2.75, 3.05) is 4.90 Å². The molecular formula is C23H21NO3S. The van der Waals surface area contributed by atoms with Crippen molar-refractivity contribution in [2.24, 2.45) is 0 Å². The van der Waals surface area contributed by atoms with Crippen LogP contribution in [0.4, 0.5) is 5.69 Å². The fourth-order valence-corrected chi connectivity index (χ4v) is 4.35. The number of hydrogen-bond donors (Lipinski definition) is 1. The van der Waals surface area contributed by atoms with Gasteiger partial charge in [0.05, 0.1) is 18.7 Å². The van der Waals surface area contributed by atoms with Crippen LogP contribution in [0.3, 0.4) is 0 Å². The third kappa shape index (κ3) is 3.17. The molecule has 28 heavy (non-hydrogen) atoms. The Morgan fingerprint density at radius 2 is 1.82 bits per heavy atom. The molecule has 1 amide bonds. The van der Waals surface area contributed by atoms with Gasteiger partial charge in [-0.05, 0) is 29.5 Å². The Morgan fingerprint density at radius 1 is 1.07 bits per heavy atom. The number of aryl methyl sites for hydroxylation is 1. The normalized spacial score (nSPS) is 18.4. The third-order valence-electron chi connectivity index (χ3n) is 5.23. The second kappa shape index (κ2) is 7.34. The minimum Gasteiger partial charge on any atom is -0.375 e. The van der Waals surface area contributed by atoms with E-state index >= 15 is 0 Å². The fourth-order valence-electron chi connectivity index (χ4n) is 3.65. The average molecular weight is 391 g/mol. The first-order valence-electron chi connectivity index (χ1n) is 9.31. The number of rotatable bonds is 6. The number of thiophene rings is 1. The van der Waals surface area contributed by atoms with Gasteiger partial charge in [-0.3, -0.25) is 9.59 Å². The van der Waals surface area contributed by atoms with E-state index < -0.39 is 11.5 Å². The van der Waals surface area contributed by atoms with Gasteiger partial charge in [0, 0.05) is 16.0 Å². The topological polar surface area (TPSA) is 57.6 Å². The largest absolute Gasteiger partial charge is 0.375 e. The second-order valence-electron chi connectivity index (χ2n) is 7.00. The van der Waals surface area contributed by atoms with Gasteiger partial charge in [-0.25, -0.2) is 0 Å². The number of para-hydroxylation sites is 1. The Hall–Kier alpha value is -2.76. The number of hydrogen-bond acceptors (Lipinski definition) is 4. The lowest BCUT2D eigenvalue weighted by Crippen LogP contribution is -2.41. The van der Waals surface area contributed by atoms with E-state index in [9.17, 15) is 14.7 Å². The zero-order valence-electron chi connectivity index (χ0n) is 15.6. The van der Waals surface area contributed by atoms with E-state index in [1.807, 2.05) is 41.8 Å². The van der Waals surface area contributed by atoms with Crippen LogP contribution in [-0.4, -0.2) is 16.8 Å². The number of fused-ring (bicyclic) bond motifs is 1. The number of ketones is 1. The zero-order chi connectivity index (χ0) is 19.7. The minimum atomic E-state index is -1.84. The van der Waals surface area contributed by atoms with Crippen molar-refractivity contribution in [3.63, 3.8) is 0 Å². The second-order valence-corrected chi connectivity index (χ2v) is 8.03. The molecule has 0 fully saturated rings. The molecule has 142 valence electrons. The van der Waals surface area contributed by atoms with Crippen LogP contribution in [0.15, 0.2) is 66.0 Å². The van der Waals surface area contributed by atoms with Crippen molar-refractivity contribution >= 4 is 28.7 Å². The molecule has 2 heterocycles. The first-order chi connectivity index (χ1) is 13.5. The molecule has 1 unspecified atom stereocenters. The summed E-state index contributed by atoms with van der Waals surface area (Å²) in [5.41, 5.74) is 0.967. The molecule has 0 bridgehead atoms. The molecule has 0 saturated carbocycles. The molecule has 1 aromatic heterocycles. The quantitative estimate of drug-likeness (QED) is 0.637. The van der Waals surface area contributed by atoms with Crippen molar-refractivity contribution in [3.05, 3.63) is 87.6 Å². The van der Waals surface area contributed by atoms with Crippen LogP contribution in [0.25, 0.3) is 0 Å². The summed E-state index contributed by atoms with van der Waals surface area (Å²) in [6.45, 7) is 2.44. The summed E-state index contributed by atoms with van der Waals surface area (Å²) >= 11 is 1.56. The number of aliphatic hydroxyl groups is 1. The SMILES string of the molecule is CCc1ccc(C(=O)CC2(O)C(=O)N(Cc3cccs3)c3ccccc32)cc1. The zero-order valence-corrected chi connectivity index (χ0v) is 16.4. The highest BCUT2D eigenvalue weighted by molar-refractivity contribution is 7.09. The summed E-state index contributed by atoms with van der Waals surface area (Å²) in [6, 6.07) is 18.4. The van der Waals surface area contributed by atoms with Gasteiger partial charge in [0.1, 0.15) is 0 Å². The highest BCUT2D eigenvalue weighted by Crippen LogP contribution is 2.43. The molecule has 2 aromatic carbocycles. The van der Waals surface area contributed by atoms with Gasteiger partial charge in [0.15, 0.2) is 11.4 Å². The Labute approximate surface area is 168 Å². The summed E-state index contributed by atoms with van der Waals surface area (Å²) in [5.74, 6) is -0.688. The fraction of sp³-hybridized carbons (Fsp3) is 0.217. The van der Waals surface area contributed by atoms with E-state index in [4.69, 9.17) is 0 Å². The van der Waals surface area contributed by atoms with Gasteiger partial charge in [-0.1, -0.05) is 55.5 Å². The molecule has 0 saturated heterocycles. The van der Waals surface area contributed by atoms with Crippen molar-refractivity contribution in [1.29, 1.82) is 0 Å². The van der Waals surface area contributed by atoms with E-state index in [0.29, 0.717) is 23.4 Å². The molecular weight excluding hydrogens is 370 g/mol. The summed E-state index contributed by atoms with van der Waals surface area (Å²) in [6.07, 6.45) is 0.622. The van der Waals surface area contributed by atoms with E-state index in [-0.39, 0.29) is 12.2 Å². The van der Waals surface area contributed by atoms with Gasteiger partial charge in [-0.2, -0.15) is 0 Å². The molecule has 3 aromatic rings. The third-order valence-corrected chi connectivity index (χ3v) is 6.10. The van der Waals surface area contributed by atoms with Crippen molar-refractivity contribution < 1.29 is 14.7 Å². The van der Waals surface area contributed by atoms with Gasteiger partial charge in [0.25, 0.3) is 5.91 Å². The molecule has 1 N–H and O–H groups in total. The van der Waals surface area contributed by atoms with E-state index in [1.165, 1.54) is 0 Å². The van der Waals surface area contributed by atoms with Crippen LogP contribution in [0.5, 0.6) is 0 Å². The lowest BCUT2D eigenvalue weighted by atomic mass is 9.88. The van der Waals surface area contributed by atoms with Gasteiger partial charge >= 0.3 is 0 Å². The molecule has 1 aliphatic rings. The van der Waals surface area contributed by atoms with Crippen molar-refractivity contribution in [2.45, 2.75) is 31.9 Å². The molecule has 0 spiro atoms. The number of anilines is 1. The summed E-state index contributed by atoms with van der Waals surface area (Å²) in [4.78, 5) is 28.7. The van der Waals surface area contributed by atoms with Crippen LogP contribution in [0.2, 0.25) is 0 Å². The standard InChI is InChI=1S/C23H21NO3S/c1-2-16-9-11-17(12-10-16)21(25)14-23(27)19-7-3-4-8-20(19)24(22(23)26)15-18-6-5-13-28-18/h3-13,27H,2,14-15H2,1H3. The first-order valence-corrected chi connectivity index (χ1v) is 10.2. The number of carbonyl (C=O) groups is 2. The van der Waals surface area contributed by atoms with Crippen LogP contribution in [0, 0.1) is 0 Å². The molecule has 1 atom stereocenters. The number of nitrogens with zero attached hydrogens (tertiary/aromatic N) is 1. The molecule has 4 rings (SSSR count). The molecule has 4 nitrogen and oxygen atoms in total. The van der Waals surface area contributed by atoms with Gasteiger partial charge in [0.2, 0.25) is 0 Å². The van der Waals surface area contributed by atoms with Gasteiger partial charge < -0.3 is 10.0 Å². The molecule has 1 aliphatic heterocycles. The van der Waals surface area contributed by atoms with Crippen LogP contribution < -0.4 is 4.90 Å². The predicted octanol–water partition coefficient (Wildman–Crippen LogP) is 4.32. The van der Waals surface area contributed by atoms with Crippen LogP contribution in [-0.2, 0) is 23.4 Å². The monoisotopic (exact) mass is 391 g/mol. The van der Waals surface area contributed by atoms with Gasteiger partial charge in [-0.15, -0.1) is 11.3 Å². The lowest BCUT2D eigenvalue weighted by molar-refractivity contribution is -0.136. The first kappa shape index (κ1) is 18.6. The highest BCUT2D eigenvalue weighted by atomic mass is 32.1. The van der Waals surface area contributed by atoms with Crippen LogP contribution in [0.1, 0.15) is 39.7 Å². The summed E-state index contributed by atoms with van der Waals surface area (Å²) < 4.78 is 0. The Bertz CT molecular complexity index is 1010.